The number of carbonyl (C=O) groups is 5. The predicted octanol–water partition coefficient (Wildman–Crippen LogP) is 4.38. The smallest absolute Gasteiger partial charge is 0.255 e. The molecule has 0 aliphatic carbocycles. The highest BCUT2D eigenvalue weighted by molar-refractivity contribution is 7.13. The minimum atomic E-state index is -1.07. The molecule has 342 valence electrons. The number of nitrogens with zero attached hydrogens (tertiary/aromatic N) is 7. The lowest BCUT2D eigenvalue weighted by Gasteiger charge is -2.41. The van der Waals surface area contributed by atoms with Crippen molar-refractivity contribution >= 4 is 57.4 Å². The fourth-order valence-electron chi connectivity index (χ4n) is 9.96. The van der Waals surface area contributed by atoms with E-state index >= 15 is 8.78 Å². The zero-order chi connectivity index (χ0) is 45.7. The maximum absolute atomic E-state index is 16.0. The second kappa shape index (κ2) is 17.7. The number of nitrogens with two attached hydrogens (primary N) is 1. The Morgan fingerprint density at radius 2 is 1.70 bits per heavy atom. The average molecular weight is 918 g/mol. The summed E-state index contributed by atoms with van der Waals surface area (Å²) in [5.41, 5.74) is 10.8. The van der Waals surface area contributed by atoms with E-state index in [2.05, 4.69) is 35.7 Å². The Morgan fingerprint density at radius 1 is 0.909 bits per heavy atom. The predicted molar refractivity (Wildman–Crippen MR) is 242 cm³/mol. The number of thiazole rings is 1. The van der Waals surface area contributed by atoms with Crippen LogP contribution in [0.2, 0.25) is 0 Å². The zero-order valence-electron chi connectivity index (χ0n) is 36.1. The van der Waals surface area contributed by atoms with Gasteiger partial charge in [0.25, 0.3) is 11.8 Å². The molecule has 3 saturated heterocycles. The molecule has 7 heterocycles. The lowest BCUT2D eigenvalue weighted by atomic mass is 9.81. The van der Waals surface area contributed by atoms with Gasteiger partial charge in [-0.25, -0.2) is 18.7 Å². The largest absolute Gasteiger partial charge is 0.374 e. The summed E-state index contributed by atoms with van der Waals surface area (Å²) >= 11 is 1.27. The third-order valence-electron chi connectivity index (χ3n) is 13.7. The van der Waals surface area contributed by atoms with E-state index in [1.807, 2.05) is 33.7 Å². The van der Waals surface area contributed by atoms with Crippen molar-refractivity contribution in [3.05, 3.63) is 112 Å². The molecule has 5 aliphatic heterocycles. The number of amides is 5. The second-order valence-electron chi connectivity index (χ2n) is 17.7. The van der Waals surface area contributed by atoms with Gasteiger partial charge in [-0.15, -0.1) is 11.3 Å². The molecule has 0 saturated carbocycles. The van der Waals surface area contributed by atoms with Crippen molar-refractivity contribution in [1.82, 2.24) is 34.6 Å². The number of aromatic nitrogens is 3. The zero-order valence-corrected chi connectivity index (χ0v) is 36.9. The molecule has 2 unspecified atom stereocenters. The number of rotatable bonds is 11. The van der Waals surface area contributed by atoms with Crippen molar-refractivity contribution in [2.24, 2.45) is 5.73 Å². The fourth-order valence-corrected chi connectivity index (χ4v) is 10.5. The van der Waals surface area contributed by atoms with E-state index in [0.29, 0.717) is 86.2 Å². The number of hydrogen-bond donors (Lipinski definition) is 4. The fraction of sp³-hybridized carbons (Fsp3) is 0.383. The molecule has 2 aromatic heterocycles. The summed E-state index contributed by atoms with van der Waals surface area (Å²) in [6.07, 6.45) is 6.40. The maximum atomic E-state index is 16.0. The molecule has 3 fully saturated rings. The number of hydrogen-bond acceptors (Lipinski definition) is 12. The van der Waals surface area contributed by atoms with Crippen LogP contribution in [0.1, 0.15) is 71.0 Å². The summed E-state index contributed by atoms with van der Waals surface area (Å²) in [5.74, 6) is -2.61. The first-order chi connectivity index (χ1) is 31.9. The summed E-state index contributed by atoms with van der Waals surface area (Å²) < 4.78 is 33.4. The number of anilines is 3. The molecule has 5 N–H and O–H groups in total. The Kier molecular flexibility index (Phi) is 11.6. The van der Waals surface area contributed by atoms with Crippen molar-refractivity contribution in [1.29, 1.82) is 0 Å². The molecule has 5 aliphatic rings. The highest BCUT2D eigenvalue weighted by Crippen LogP contribution is 2.39. The van der Waals surface area contributed by atoms with E-state index in [9.17, 15) is 24.0 Å². The maximum Gasteiger partial charge on any atom is 0.255 e. The lowest BCUT2D eigenvalue weighted by Crippen LogP contribution is -2.54. The molecular formula is C47H49F2N11O5S. The van der Waals surface area contributed by atoms with Crippen LogP contribution in [0.25, 0.3) is 11.1 Å². The first-order valence-corrected chi connectivity index (χ1v) is 23.2. The number of halogens is 2. The minimum absolute atomic E-state index is 0.0246. The van der Waals surface area contributed by atoms with Gasteiger partial charge in [0.15, 0.2) is 11.2 Å². The van der Waals surface area contributed by atoms with Gasteiger partial charge in [-0.1, -0.05) is 18.2 Å². The molecule has 10 rings (SSSR count). The number of piperazine rings is 1. The summed E-state index contributed by atoms with van der Waals surface area (Å²) in [4.78, 5) is 81.4. The Labute approximate surface area is 383 Å². The van der Waals surface area contributed by atoms with Crippen LogP contribution in [0.4, 0.5) is 25.3 Å². The van der Waals surface area contributed by atoms with Gasteiger partial charge in [-0.2, -0.15) is 0 Å². The standard InChI is InChI=1S/C47H49F2N11O5S/c48-35-23-29(22-32-33(35)25-60(45(32)65)42(44(64)55-46-51-13-21-66-46)41-38-2-1-14-59(38)27-52-41)28-3-6-31(7-4-28)57-17-19-58(20-18-57)40(62)26-56-15-11-47(50,12-16-56)34-8-5-30(24-36(34)49)53-37-9-10-39(61)54-43(37)63/h3-8,13,21-24,27,37,42,53H,1-2,9-12,14-20,25-26,50H2,(H,51,55,64)(H,54,61,63). The molecule has 0 spiro atoms. The van der Waals surface area contributed by atoms with Crippen molar-refractivity contribution in [3.63, 3.8) is 0 Å². The van der Waals surface area contributed by atoms with Gasteiger partial charge in [0.1, 0.15) is 17.7 Å². The van der Waals surface area contributed by atoms with Crippen LogP contribution in [0, 0.1) is 11.6 Å². The van der Waals surface area contributed by atoms with Gasteiger partial charge in [-0.3, -0.25) is 39.5 Å². The van der Waals surface area contributed by atoms with E-state index in [0.717, 1.165) is 36.3 Å². The number of carbonyl (C=O) groups excluding carboxylic acids is 5. The molecule has 66 heavy (non-hydrogen) atoms. The molecule has 19 heteroatoms. The number of imide groups is 1. The first kappa shape index (κ1) is 43.3. The monoisotopic (exact) mass is 917 g/mol. The molecule has 5 aromatic rings. The summed E-state index contributed by atoms with van der Waals surface area (Å²) in [6, 6.07) is 13.9. The quantitative estimate of drug-likeness (QED) is 0.138. The molecular weight excluding hydrogens is 869 g/mol. The molecule has 3 aromatic carbocycles. The Balaban J connectivity index is 0.731. The van der Waals surface area contributed by atoms with E-state index < -0.39 is 47.0 Å². The Bertz CT molecular complexity index is 2710. The number of fused-ring (bicyclic) bond motifs is 2. The van der Waals surface area contributed by atoms with E-state index in [4.69, 9.17) is 5.73 Å². The van der Waals surface area contributed by atoms with Crippen molar-refractivity contribution in [2.75, 3.05) is 61.3 Å². The van der Waals surface area contributed by atoms with Gasteiger partial charge in [-0.05, 0) is 79.6 Å². The number of benzene rings is 3. The van der Waals surface area contributed by atoms with Crippen molar-refractivity contribution < 1.29 is 32.8 Å². The highest BCUT2D eigenvalue weighted by Gasteiger charge is 2.42. The van der Waals surface area contributed by atoms with Crippen LogP contribution in [-0.2, 0) is 44.2 Å². The van der Waals surface area contributed by atoms with Gasteiger partial charge in [0.05, 0.1) is 25.1 Å². The summed E-state index contributed by atoms with van der Waals surface area (Å²) in [7, 11) is 0. The minimum Gasteiger partial charge on any atom is -0.374 e. The van der Waals surface area contributed by atoms with Gasteiger partial charge < -0.3 is 30.3 Å². The number of imidazole rings is 1. The molecule has 5 amide bonds. The molecule has 0 bridgehead atoms. The van der Waals surface area contributed by atoms with Crippen LogP contribution in [0.5, 0.6) is 0 Å². The van der Waals surface area contributed by atoms with Crippen molar-refractivity contribution in [3.8, 4) is 11.1 Å². The van der Waals surface area contributed by atoms with E-state index in [-0.39, 0.29) is 42.5 Å². The number of piperidine rings is 2. The summed E-state index contributed by atoms with van der Waals surface area (Å²) in [5, 5.41) is 10.3. The van der Waals surface area contributed by atoms with Crippen molar-refractivity contribution in [2.45, 2.75) is 69.2 Å². The Morgan fingerprint density at radius 3 is 2.42 bits per heavy atom. The highest BCUT2D eigenvalue weighted by atomic mass is 32.1. The second-order valence-corrected chi connectivity index (χ2v) is 18.6. The van der Waals surface area contributed by atoms with E-state index in [1.54, 1.807) is 36.1 Å². The SMILES string of the molecule is NC1(c2ccc(NC3CCC(=O)NC3=O)cc2F)CCN(CC(=O)N2CCN(c3ccc(-c4cc(F)c5c(c4)C(=O)N(C(C(=O)Nc4nccs4)c4ncn6c4CCC6)C5)cc3)CC2)CC1. The lowest BCUT2D eigenvalue weighted by molar-refractivity contribution is -0.134. The van der Waals surface area contributed by atoms with Gasteiger partial charge in [0.2, 0.25) is 17.7 Å². The number of likely N-dealkylation sites (tertiary alicyclic amines) is 1. The molecule has 2 atom stereocenters. The van der Waals surface area contributed by atoms with E-state index in [1.165, 1.54) is 28.4 Å². The van der Waals surface area contributed by atoms with Gasteiger partial charge >= 0.3 is 0 Å². The topological polar surface area (TPSA) is 191 Å². The Hall–Kier alpha value is -6.57. The first-order valence-electron chi connectivity index (χ1n) is 22.3. The van der Waals surface area contributed by atoms with Gasteiger partial charge in [0, 0.05) is 103 Å². The van der Waals surface area contributed by atoms with Crippen LogP contribution in [0.3, 0.4) is 0 Å². The number of aryl methyl sites for hydroxylation is 1. The number of nitrogens with one attached hydrogen (secondary N) is 3. The third-order valence-corrected chi connectivity index (χ3v) is 14.4. The van der Waals surface area contributed by atoms with Crippen LogP contribution in [0.15, 0.2) is 72.5 Å². The molecule has 16 nitrogen and oxygen atoms in total. The third kappa shape index (κ3) is 8.41. The average Bonchev–Trinajstić information content (AvgIpc) is 4.14. The van der Waals surface area contributed by atoms with Crippen LogP contribution < -0.4 is 26.6 Å². The van der Waals surface area contributed by atoms with Crippen LogP contribution >= 0.6 is 11.3 Å². The van der Waals surface area contributed by atoms with Crippen LogP contribution in [-0.4, -0.2) is 111 Å². The summed E-state index contributed by atoms with van der Waals surface area (Å²) in [6.45, 7) is 4.34. The normalized spacial score (nSPS) is 20.0. The molecule has 0 radical (unpaired) electrons.